The number of benzene rings is 2. The predicted octanol–water partition coefficient (Wildman–Crippen LogP) is 5.73. The van der Waals surface area contributed by atoms with Gasteiger partial charge in [-0.15, -0.1) is 35.8 Å². The van der Waals surface area contributed by atoms with E-state index in [1.54, 1.807) is 22.7 Å². The van der Waals surface area contributed by atoms with E-state index in [4.69, 9.17) is 0 Å². The van der Waals surface area contributed by atoms with Gasteiger partial charge in [0.2, 0.25) is 5.95 Å². The number of anilines is 1. The van der Waals surface area contributed by atoms with Crippen LogP contribution in [0.25, 0.3) is 27.9 Å². The predicted molar refractivity (Wildman–Crippen MR) is 134 cm³/mol. The largest absolute Gasteiger partial charge is 0.573 e. The first-order valence-corrected chi connectivity index (χ1v) is 11.4. The molecule has 2 aromatic heterocycles. The molecule has 1 saturated heterocycles. The lowest BCUT2D eigenvalue weighted by atomic mass is 9.96. The number of rotatable bonds is 5. The molecular formula is C25H24ClF4N5O2. The molecule has 1 aliphatic rings. The maximum Gasteiger partial charge on any atom is 0.573 e. The molecule has 0 spiro atoms. The first-order chi connectivity index (χ1) is 17.2. The highest BCUT2D eigenvalue weighted by Crippen LogP contribution is 2.38. The van der Waals surface area contributed by atoms with Crippen LogP contribution >= 0.6 is 12.4 Å². The van der Waals surface area contributed by atoms with Crippen LogP contribution in [0.15, 0.2) is 54.7 Å². The van der Waals surface area contributed by atoms with Crippen LogP contribution in [-0.4, -0.2) is 57.1 Å². The molecule has 0 bridgehead atoms. The second kappa shape index (κ2) is 10.4. The summed E-state index contributed by atoms with van der Waals surface area (Å²) in [6, 6.07) is 11.1. The number of halogens is 5. The molecule has 0 unspecified atom stereocenters. The van der Waals surface area contributed by atoms with Crippen molar-refractivity contribution in [2.24, 2.45) is 0 Å². The van der Waals surface area contributed by atoms with Crippen LogP contribution in [0.5, 0.6) is 11.5 Å². The van der Waals surface area contributed by atoms with Gasteiger partial charge in [0.25, 0.3) is 0 Å². The van der Waals surface area contributed by atoms with Gasteiger partial charge in [0.15, 0.2) is 5.82 Å². The minimum absolute atomic E-state index is 0. The first kappa shape index (κ1) is 26.5. The Morgan fingerprint density at radius 2 is 1.81 bits per heavy atom. The van der Waals surface area contributed by atoms with Crippen LogP contribution in [-0.2, 0) is 0 Å². The van der Waals surface area contributed by atoms with Gasteiger partial charge in [-0.3, -0.25) is 4.40 Å². The fourth-order valence-corrected chi connectivity index (χ4v) is 4.56. The van der Waals surface area contributed by atoms with E-state index in [0.29, 0.717) is 22.6 Å². The number of phenolic OH excluding ortho intramolecular Hbond substituents is 1. The lowest BCUT2D eigenvalue weighted by Gasteiger charge is -2.30. The van der Waals surface area contributed by atoms with Gasteiger partial charge in [-0.25, -0.2) is 4.39 Å². The summed E-state index contributed by atoms with van der Waals surface area (Å²) < 4.78 is 59.4. The van der Waals surface area contributed by atoms with Crippen molar-refractivity contribution < 1.29 is 27.4 Å². The quantitative estimate of drug-likeness (QED) is 0.317. The number of hydrogen-bond acceptors (Lipinski definition) is 6. The van der Waals surface area contributed by atoms with Crippen LogP contribution in [0.2, 0.25) is 0 Å². The molecule has 0 radical (unpaired) electrons. The highest BCUT2D eigenvalue weighted by molar-refractivity contribution is 5.89. The summed E-state index contributed by atoms with van der Waals surface area (Å²) in [7, 11) is 2.03. The Hall–Kier alpha value is -3.57. The third-order valence-corrected chi connectivity index (χ3v) is 6.15. The molecule has 5 rings (SSSR count). The van der Waals surface area contributed by atoms with Crippen LogP contribution in [0.1, 0.15) is 12.8 Å². The van der Waals surface area contributed by atoms with E-state index in [1.165, 1.54) is 30.3 Å². The molecule has 196 valence electrons. The molecule has 1 aliphatic heterocycles. The van der Waals surface area contributed by atoms with Gasteiger partial charge in [-0.1, -0.05) is 12.1 Å². The maximum absolute atomic E-state index is 15.1. The molecule has 3 heterocycles. The molecule has 0 saturated carbocycles. The highest BCUT2D eigenvalue weighted by atomic mass is 35.5. The summed E-state index contributed by atoms with van der Waals surface area (Å²) in [5.41, 5.74) is 1.44. The number of nitrogens with one attached hydrogen (secondary N) is 1. The van der Waals surface area contributed by atoms with Crippen molar-refractivity contribution in [1.82, 2.24) is 19.5 Å². The van der Waals surface area contributed by atoms with Crippen LogP contribution in [0.4, 0.5) is 23.5 Å². The maximum atomic E-state index is 15.1. The Bertz CT molecular complexity index is 1390. The van der Waals surface area contributed by atoms with E-state index in [2.05, 4.69) is 25.2 Å². The van der Waals surface area contributed by atoms with Crippen molar-refractivity contribution in [2.45, 2.75) is 25.2 Å². The second-order valence-corrected chi connectivity index (χ2v) is 8.80. The third kappa shape index (κ3) is 5.72. The molecule has 7 nitrogen and oxygen atoms in total. The van der Waals surface area contributed by atoms with E-state index in [9.17, 15) is 18.3 Å². The van der Waals surface area contributed by atoms with Crippen LogP contribution in [0.3, 0.4) is 0 Å². The highest BCUT2D eigenvalue weighted by Gasteiger charge is 2.31. The number of ether oxygens (including phenoxy) is 1. The smallest absolute Gasteiger partial charge is 0.508 e. The number of alkyl halides is 3. The molecule has 0 amide bonds. The van der Waals surface area contributed by atoms with Gasteiger partial charge in [0.1, 0.15) is 22.7 Å². The molecule has 1 fully saturated rings. The monoisotopic (exact) mass is 537 g/mol. The number of nitrogens with zero attached hydrogens (tertiary/aromatic N) is 4. The Balaban J connectivity index is 0.00000320. The fraction of sp³-hybridized carbons (Fsp3) is 0.280. The van der Waals surface area contributed by atoms with Crippen molar-refractivity contribution in [3.63, 3.8) is 0 Å². The van der Waals surface area contributed by atoms with Crippen molar-refractivity contribution >= 4 is 23.9 Å². The normalized spacial score (nSPS) is 16.4. The molecule has 1 atom stereocenters. The zero-order chi connectivity index (χ0) is 25.4. The number of likely N-dealkylation sites (N-methyl/N-ethyl adjacent to an activating group) is 1. The number of aromatic nitrogens is 3. The minimum Gasteiger partial charge on any atom is -0.508 e. The number of fused-ring (bicyclic) bond motifs is 1. The zero-order valence-electron chi connectivity index (χ0n) is 19.7. The summed E-state index contributed by atoms with van der Waals surface area (Å²) in [6.07, 6.45) is -1.38. The Kier molecular flexibility index (Phi) is 7.47. The number of likely N-dealkylation sites (tertiary alicyclic amines) is 1. The fourth-order valence-electron chi connectivity index (χ4n) is 4.56. The van der Waals surface area contributed by atoms with E-state index < -0.39 is 17.9 Å². The topological polar surface area (TPSA) is 74.9 Å². The van der Waals surface area contributed by atoms with Crippen LogP contribution < -0.4 is 10.1 Å². The van der Waals surface area contributed by atoms with Gasteiger partial charge < -0.3 is 20.1 Å². The molecule has 37 heavy (non-hydrogen) atoms. The Morgan fingerprint density at radius 1 is 1.05 bits per heavy atom. The lowest BCUT2D eigenvalue weighted by Crippen LogP contribution is -2.40. The average molecular weight is 538 g/mol. The van der Waals surface area contributed by atoms with Gasteiger partial charge in [0, 0.05) is 24.3 Å². The van der Waals surface area contributed by atoms with Gasteiger partial charge in [-0.2, -0.15) is 0 Å². The van der Waals surface area contributed by atoms with Gasteiger partial charge >= 0.3 is 6.36 Å². The summed E-state index contributed by atoms with van der Waals surface area (Å²) in [4.78, 5) is 2.20. The minimum atomic E-state index is -4.88. The van der Waals surface area contributed by atoms with Crippen molar-refractivity contribution in [3.05, 3.63) is 60.5 Å². The van der Waals surface area contributed by atoms with Crippen LogP contribution in [0, 0.1) is 5.82 Å². The Labute approximate surface area is 216 Å². The lowest BCUT2D eigenvalue weighted by molar-refractivity contribution is -0.274. The number of phenols is 1. The first-order valence-electron chi connectivity index (χ1n) is 11.4. The zero-order valence-corrected chi connectivity index (χ0v) is 20.5. The van der Waals surface area contributed by atoms with Crippen molar-refractivity contribution in [3.8, 4) is 33.9 Å². The summed E-state index contributed by atoms with van der Waals surface area (Å²) in [5.74, 6) is -0.613. The SMILES string of the molecule is CN1CCC[C@@H](Nc2nnc(-c3ccc(OC(F)(F)F)cc3-c3ccc(O)cc3)c3c(F)ccn23)C1.Cl. The summed E-state index contributed by atoms with van der Waals surface area (Å²) in [6.45, 7) is 1.81. The van der Waals surface area contributed by atoms with Gasteiger partial charge in [-0.05, 0) is 74.0 Å². The number of piperidine rings is 1. The standard InChI is InChI=1S/C25H23F4N5O2.ClH/c1-33-11-2-3-16(14-33)30-24-32-31-22(23-21(26)10-12-34(23)24)19-9-8-18(36-25(27,28)29)13-20(19)15-4-6-17(35)7-5-15;/h4-10,12-13,16,35H,2-3,11,14H2,1H3,(H,30,32);1H/t16-;/m1./s1. The Morgan fingerprint density at radius 3 is 2.51 bits per heavy atom. The molecular weight excluding hydrogens is 514 g/mol. The molecule has 0 aliphatic carbocycles. The summed E-state index contributed by atoms with van der Waals surface area (Å²) >= 11 is 0. The van der Waals surface area contributed by atoms with E-state index >= 15 is 4.39 Å². The van der Waals surface area contributed by atoms with E-state index in [0.717, 1.165) is 32.0 Å². The molecule has 12 heteroatoms. The molecule has 2 N–H and O–H groups in total. The second-order valence-electron chi connectivity index (χ2n) is 8.80. The van der Waals surface area contributed by atoms with Gasteiger partial charge in [0.05, 0.1) is 0 Å². The van der Waals surface area contributed by atoms with Crippen molar-refractivity contribution in [2.75, 3.05) is 25.5 Å². The average Bonchev–Trinajstić information content (AvgIpc) is 3.21. The summed E-state index contributed by atoms with van der Waals surface area (Å²) in [5, 5.41) is 21.6. The van der Waals surface area contributed by atoms with E-state index in [-0.39, 0.29) is 35.4 Å². The number of hydrogen-bond donors (Lipinski definition) is 2. The van der Waals surface area contributed by atoms with Crippen molar-refractivity contribution in [1.29, 1.82) is 0 Å². The number of aromatic hydroxyl groups is 1. The molecule has 4 aromatic rings. The molecule has 2 aromatic carbocycles. The third-order valence-electron chi connectivity index (χ3n) is 6.15. The van der Waals surface area contributed by atoms with E-state index in [1.807, 2.05) is 7.05 Å².